The van der Waals surface area contributed by atoms with Gasteiger partial charge in [-0.1, -0.05) is 18.2 Å². The smallest absolute Gasteiger partial charge is 0.275 e. The maximum absolute atomic E-state index is 14.9. The number of H-pyrrole nitrogens is 1. The fourth-order valence-electron chi connectivity index (χ4n) is 4.10. The number of anilines is 1. The van der Waals surface area contributed by atoms with Gasteiger partial charge in [-0.3, -0.25) is 4.79 Å². The Kier molecular flexibility index (Phi) is 4.13. The third-order valence-corrected chi connectivity index (χ3v) is 5.76. The molecule has 0 aliphatic carbocycles. The van der Waals surface area contributed by atoms with Crippen molar-refractivity contribution < 1.29 is 4.39 Å². The van der Waals surface area contributed by atoms with E-state index in [-0.39, 0.29) is 11.4 Å². The molecule has 3 heterocycles. The van der Waals surface area contributed by atoms with E-state index < -0.39 is 0 Å². The van der Waals surface area contributed by atoms with E-state index in [1.165, 1.54) is 6.07 Å². The molecule has 0 bridgehead atoms. The Morgan fingerprint density at radius 1 is 1.07 bits per heavy atom. The maximum Gasteiger partial charge on any atom is 0.275 e. The first-order chi connectivity index (χ1) is 14.0. The molecule has 1 fully saturated rings. The van der Waals surface area contributed by atoms with Gasteiger partial charge < -0.3 is 19.4 Å². The molecule has 7 heteroatoms. The highest BCUT2D eigenvalue weighted by Gasteiger charge is 2.20. The Bertz CT molecular complexity index is 1280. The molecular weight excluding hydrogens is 369 g/mol. The molecule has 0 spiro atoms. The highest BCUT2D eigenvalue weighted by atomic mass is 19.1. The van der Waals surface area contributed by atoms with Crippen molar-refractivity contribution in [1.29, 1.82) is 0 Å². The van der Waals surface area contributed by atoms with Crippen LogP contribution in [0.15, 0.2) is 47.4 Å². The summed E-state index contributed by atoms with van der Waals surface area (Å²) in [6.07, 6.45) is 1.89. The molecular formula is C22H22FN5O. The minimum absolute atomic E-state index is 0.273. The molecule has 1 aliphatic rings. The number of aromatic nitrogens is 3. The molecule has 1 saturated heterocycles. The third kappa shape index (κ3) is 2.98. The van der Waals surface area contributed by atoms with Crippen LogP contribution >= 0.6 is 0 Å². The van der Waals surface area contributed by atoms with Crippen LogP contribution in [-0.4, -0.2) is 52.7 Å². The summed E-state index contributed by atoms with van der Waals surface area (Å²) in [5.41, 5.74) is 3.30. The fourth-order valence-corrected chi connectivity index (χ4v) is 4.10. The van der Waals surface area contributed by atoms with Crippen LogP contribution in [0.3, 0.4) is 0 Å². The van der Waals surface area contributed by atoms with E-state index in [0.717, 1.165) is 42.6 Å². The average molecular weight is 391 g/mol. The van der Waals surface area contributed by atoms with E-state index in [1.54, 1.807) is 6.07 Å². The lowest BCUT2D eigenvalue weighted by atomic mass is 10.1. The highest BCUT2D eigenvalue weighted by Crippen LogP contribution is 2.29. The number of halogens is 1. The van der Waals surface area contributed by atoms with E-state index in [0.29, 0.717) is 22.4 Å². The Morgan fingerprint density at radius 3 is 2.62 bits per heavy atom. The number of nitrogens with zero attached hydrogens (tertiary/aromatic N) is 4. The summed E-state index contributed by atoms with van der Waals surface area (Å²) in [5.74, 6) is -0.314. The van der Waals surface area contributed by atoms with Gasteiger partial charge in [0.25, 0.3) is 5.56 Å². The Morgan fingerprint density at radius 2 is 1.83 bits per heavy atom. The van der Waals surface area contributed by atoms with Gasteiger partial charge in [0.1, 0.15) is 11.5 Å². The number of hydrogen-bond donors (Lipinski definition) is 1. The van der Waals surface area contributed by atoms with Gasteiger partial charge in [-0.25, -0.2) is 9.37 Å². The Balaban J connectivity index is 1.63. The molecule has 0 atom stereocenters. The summed E-state index contributed by atoms with van der Waals surface area (Å²) >= 11 is 0. The first kappa shape index (κ1) is 17.9. The number of aromatic amines is 1. The van der Waals surface area contributed by atoms with Gasteiger partial charge in [0.15, 0.2) is 0 Å². The normalized spacial score (nSPS) is 15.5. The molecule has 1 N–H and O–H groups in total. The monoisotopic (exact) mass is 391 g/mol. The summed E-state index contributed by atoms with van der Waals surface area (Å²) in [4.78, 5) is 24.6. The second-order valence-corrected chi connectivity index (χ2v) is 7.70. The number of nitrogens with one attached hydrogen (secondary N) is 1. The first-order valence-electron chi connectivity index (χ1n) is 9.73. The molecule has 2 aromatic carbocycles. The quantitative estimate of drug-likeness (QED) is 0.571. The summed E-state index contributed by atoms with van der Waals surface area (Å²) in [7, 11) is 3.99. The Hall–Kier alpha value is -3.19. The van der Waals surface area contributed by atoms with Crippen LogP contribution in [0.1, 0.15) is 0 Å². The minimum atomic E-state index is -0.314. The topological polar surface area (TPSA) is 57.2 Å². The van der Waals surface area contributed by atoms with Crippen molar-refractivity contribution in [3.05, 3.63) is 58.8 Å². The van der Waals surface area contributed by atoms with Gasteiger partial charge in [0.05, 0.1) is 16.7 Å². The van der Waals surface area contributed by atoms with E-state index in [1.807, 2.05) is 47.0 Å². The number of aryl methyl sites for hydroxylation is 1. The number of rotatable bonds is 2. The van der Waals surface area contributed by atoms with Crippen LogP contribution < -0.4 is 10.5 Å². The molecule has 0 radical (unpaired) electrons. The molecule has 1 aliphatic heterocycles. The predicted octanol–water partition coefficient (Wildman–Crippen LogP) is 2.97. The maximum atomic E-state index is 14.9. The van der Waals surface area contributed by atoms with Crippen molar-refractivity contribution in [2.45, 2.75) is 0 Å². The number of piperazine rings is 1. The lowest BCUT2D eigenvalue weighted by Crippen LogP contribution is -2.44. The summed E-state index contributed by atoms with van der Waals surface area (Å²) in [5, 5.41) is 0.946. The van der Waals surface area contributed by atoms with Crippen LogP contribution in [0, 0.1) is 5.82 Å². The second-order valence-electron chi connectivity index (χ2n) is 7.70. The van der Waals surface area contributed by atoms with E-state index in [9.17, 15) is 9.18 Å². The van der Waals surface area contributed by atoms with Crippen molar-refractivity contribution in [1.82, 2.24) is 19.4 Å². The van der Waals surface area contributed by atoms with Gasteiger partial charge in [0.2, 0.25) is 0 Å². The SMILES string of the molecule is CN1CCN(c2cc3[nH]c(=O)c(-c4cn(C)c5ccccc45)nc3cc2F)CC1. The number of likely N-dealkylation sites (N-methyl/N-ethyl adjacent to an activating group) is 1. The fraction of sp³-hybridized carbons (Fsp3) is 0.273. The first-order valence-corrected chi connectivity index (χ1v) is 9.73. The van der Waals surface area contributed by atoms with Gasteiger partial charge in [-0.05, 0) is 19.2 Å². The van der Waals surface area contributed by atoms with Crippen molar-refractivity contribution in [3.8, 4) is 11.3 Å². The molecule has 2 aromatic heterocycles. The van der Waals surface area contributed by atoms with Crippen molar-refractivity contribution in [2.24, 2.45) is 7.05 Å². The van der Waals surface area contributed by atoms with Crippen LogP contribution in [0.5, 0.6) is 0 Å². The predicted molar refractivity (Wildman–Crippen MR) is 114 cm³/mol. The molecule has 148 valence electrons. The zero-order valence-corrected chi connectivity index (χ0v) is 16.4. The van der Waals surface area contributed by atoms with Crippen molar-refractivity contribution >= 4 is 27.6 Å². The summed E-state index contributed by atoms with van der Waals surface area (Å²) in [6, 6.07) is 11.0. The summed E-state index contributed by atoms with van der Waals surface area (Å²) in [6.45, 7) is 3.27. The lowest BCUT2D eigenvalue weighted by Gasteiger charge is -2.34. The third-order valence-electron chi connectivity index (χ3n) is 5.76. The van der Waals surface area contributed by atoms with E-state index in [2.05, 4.69) is 21.9 Å². The van der Waals surface area contributed by atoms with Crippen LogP contribution in [0.4, 0.5) is 10.1 Å². The lowest BCUT2D eigenvalue weighted by molar-refractivity contribution is 0.312. The molecule has 4 aromatic rings. The summed E-state index contributed by atoms with van der Waals surface area (Å²) < 4.78 is 16.9. The van der Waals surface area contributed by atoms with E-state index in [4.69, 9.17) is 0 Å². The molecule has 6 nitrogen and oxygen atoms in total. The van der Waals surface area contributed by atoms with E-state index >= 15 is 0 Å². The largest absolute Gasteiger partial charge is 0.367 e. The zero-order valence-electron chi connectivity index (χ0n) is 16.4. The standard InChI is InChI=1S/C22H22FN5O/c1-26-7-9-28(10-8-26)20-12-18-17(11-16(20)23)24-21(22(29)25-18)15-13-27(2)19-6-4-3-5-14(15)19/h3-6,11-13H,7-10H2,1-2H3,(H,25,29). The van der Waals surface area contributed by atoms with Gasteiger partial charge >= 0.3 is 0 Å². The average Bonchev–Trinajstić information content (AvgIpc) is 3.05. The van der Waals surface area contributed by atoms with Crippen molar-refractivity contribution in [3.63, 3.8) is 0 Å². The van der Waals surface area contributed by atoms with Gasteiger partial charge in [-0.2, -0.15) is 0 Å². The highest BCUT2D eigenvalue weighted by molar-refractivity contribution is 5.96. The minimum Gasteiger partial charge on any atom is -0.367 e. The van der Waals surface area contributed by atoms with Crippen molar-refractivity contribution in [2.75, 3.05) is 38.1 Å². The number of benzene rings is 2. The van der Waals surface area contributed by atoms with Crippen LogP contribution in [0.2, 0.25) is 0 Å². The molecule has 0 saturated carbocycles. The Labute approximate surface area is 167 Å². The van der Waals surface area contributed by atoms with Crippen LogP contribution in [-0.2, 0) is 7.05 Å². The number of hydrogen-bond acceptors (Lipinski definition) is 4. The molecule has 5 rings (SSSR count). The van der Waals surface area contributed by atoms with Gasteiger partial charge in [0, 0.05) is 62.0 Å². The molecule has 0 unspecified atom stereocenters. The zero-order chi connectivity index (χ0) is 20.1. The molecule has 0 amide bonds. The number of para-hydroxylation sites is 1. The van der Waals surface area contributed by atoms with Gasteiger partial charge in [-0.15, -0.1) is 0 Å². The second kappa shape index (κ2) is 6.70. The molecule has 29 heavy (non-hydrogen) atoms. The number of fused-ring (bicyclic) bond motifs is 2. The van der Waals surface area contributed by atoms with Crippen LogP contribution in [0.25, 0.3) is 33.2 Å².